The van der Waals surface area contributed by atoms with E-state index in [1.165, 1.54) is 0 Å². The van der Waals surface area contributed by atoms with E-state index in [2.05, 4.69) is 20.6 Å². The van der Waals surface area contributed by atoms with Gasteiger partial charge in [-0.25, -0.2) is 0 Å². The van der Waals surface area contributed by atoms with Crippen molar-refractivity contribution in [1.82, 2.24) is 25.3 Å². The Balaban J connectivity index is 1.54. The molecular weight excluding hydrogens is 346 g/mol. The lowest BCUT2D eigenvalue weighted by molar-refractivity contribution is -0.121. The highest BCUT2D eigenvalue weighted by Gasteiger charge is 2.16. The quantitative estimate of drug-likeness (QED) is 0.685. The number of aryl methyl sites for hydroxylation is 5. The molecule has 144 valence electrons. The van der Waals surface area contributed by atoms with Gasteiger partial charge in [-0.15, -0.1) is 10.2 Å². The van der Waals surface area contributed by atoms with Crippen molar-refractivity contribution >= 4 is 5.91 Å². The van der Waals surface area contributed by atoms with Gasteiger partial charge in [-0.2, -0.15) is 5.10 Å². The maximum absolute atomic E-state index is 12.2. The van der Waals surface area contributed by atoms with Gasteiger partial charge < -0.3 is 14.2 Å². The number of hydrogen-bond donors (Lipinski definition) is 1. The molecule has 0 atom stereocenters. The number of amides is 1. The number of nitrogens with zero attached hydrogens (tertiary/aromatic N) is 4. The molecule has 0 unspecified atom stereocenters. The summed E-state index contributed by atoms with van der Waals surface area (Å²) in [7, 11) is 0. The zero-order valence-corrected chi connectivity index (χ0v) is 16.4. The highest BCUT2D eigenvalue weighted by Crippen LogP contribution is 2.25. The van der Waals surface area contributed by atoms with Crippen molar-refractivity contribution in [2.45, 2.75) is 60.5 Å². The smallest absolute Gasteiger partial charge is 0.251 e. The minimum absolute atomic E-state index is 0.0619. The third-order valence-electron chi connectivity index (χ3n) is 4.60. The summed E-state index contributed by atoms with van der Waals surface area (Å²) in [6.07, 6.45) is 0.673. The second-order valence-corrected chi connectivity index (χ2v) is 6.57. The molecule has 0 saturated carbocycles. The lowest BCUT2D eigenvalue weighted by atomic mass is 10.2. The Morgan fingerprint density at radius 3 is 2.59 bits per heavy atom. The van der Waals surface area contributed by atoms with Gasteiger partial charge in [0.2, 0.25) is 11.8 Å². The van der Waals surface area contributed by atoms with Crippen LogP contribution in [0.15, 0.2) is 14.9 Å². The van der Waals surface area contributed by atoms with Gasteiger partial charge in [0, 0.05) is 37.2 Å². The summed E-state index contributed by atoms with van der Waals surface area (Å²) in [6, 6.07) is 1.86. The van der Waals surface area contributed by atoms with Crippen LogP contribution in [0.1, 0.15) is 47.7 Å². The minimum Gasteiger partial charge on any atom is -0.466 e. The van der Waals surface area contributed by atoms with E-state index in [4.69, 9.17) is 8.83 Å². The van der Waals surface area contributed by atoms with E-state index in [1.807, 2.05) is 45.4 Å². The Bertz CT molecular complexity index is 951. The highest BCUT2D eigenvalue weighted by molar-refractivity contribution is 5.76. The summed E-state index contributed by atoms with van der Waals surface area (Å²) >= 11 is 0. The largest absolute Gasteiger partial charge is 0.466 e. The Labute approximate surface area is 158 Å². The molecule has 0 saturated heterocycles. The molecule has 0 radical (unpaired) electrons. The second-order valence-electron chi connectivity index (χ2n) is 6.57. The van der Waals surface area contributed by atoms with Crippen molar-refractivity contribution in [2.24, 2.45) is 0 Å². The molecule has 0 aliphatic carbocycles. The third kappa shape index (κ3) is 4.10. The van der Waals surface area contributed by atoms with Crippen LogP contribution in [-0.4, -0.2) is 25.9 Å². The van der Waals surface area contributed by atoms with Crippen molar-refractivity contribution in [2.75, 3.05) is 0 Å². The van der Waals surface area contributed by atoms with Crippen molar-refractivity contribution in [3.05, 3.63) is 40.4 Å². The summed E-state index contributed by atoms with van der Waals surface area (Å²) in [6.45, 7) is 11.0. The first-order chi connectivity index (χ1) is 12.9. The van der Waals surface area contributed by atoms with E-state index < -0.39 is 0 Å². The SMILES string of the molecule is CCn1nc(C)c(CNC(=O)CCc2nnc(-c3cc(C)oc3C)o2)c1C. The van der Waals surface area contributed by atoms with Crippen LogP contribution in [0, 0.1) is 27.7 Å². The van der Waals surface area contributed by atoms with Crippen LogP contribution in [0.25, 0.3) is 11.5 Å². The summed E-state index contributed by atoms with van der Waals surface area (Å²) in [4.78, 5) is 12.2. The summed E-state index contributed by atoms with van der Waals surface area (Å²) in [5, 5.41) is 15.5. The van der Waals surface area contributed by atoms with Crippen molar-refractivity contribution in [1.29, 1.82) is 0 Å². The van der Waals surface area contributed by atoms with Gasteiger partial charge in [-0.3, -0.25) is 9.48 Å². The fraction of sp³-hybridized carbons (Fsp3) is 0.474. The maximum Gasteiger partial charge on any atom is 0.251 e. The first-order valence-electron chi connectivity index (χ1n) is 9.08. The lowest BCUT2D eigenvalue weighted by Crippen LogP contribution is -2.23. The molecule has 27 heavy (non-hydrogen) atoms. The fourth-order valence-corrected chi connectivity index (χ4v) is 3.10. The predicted octanol–water partition coefficient (Wildman–Crippen LogP) is 3.03. The van der Waals surface area contributed by atoms with Gasteiger partial charge >= 0.3 is 0 Å². The van der Waals surface area contributed by atoms with E-state index in [0.29, 0.717) is 24.7 Å². The molecule has 3 aromatic heterocycles. The zero-order valence-electron chi connectivity index (χ0n) is 16.4. The van der Waals surface area contributed by atoms with Crippen LogP contribution in [0.5, 0.6) is 0 Å². The van der Waals surface area contributed by atoms with Crippen molar-refractivity contribution in [3.8, 4) is 11.5 Å². The Hall–Kier alpha value is -2.90. The third-order valence-corrected chi connectivity index (χ3v) is 4.60. The van der Waals surface area contributed by atoms with Gasteiger partial charge in [0.25, 0.3) is 5.89 Å². The number of aromatic nitrogens is 4. The average molecular weight is 371 g/mol. The van der Waals surface area contributed by atoms with Crippen LogP contribution in [0.2, 0.25) is 0 Å². The number of rotatable bonds is 7. The molecule has 8 nitrogen and oxygen atoms in total. The molecule has 0 aliphatic heterocycles. The van der Waals surface area contributed by atoms with Gasteiger partial charge in [-0.05, 0) is 40.7 Å². The van der Waals surface area contributed by atoms with E-state index >= 15 is 0 Å². The molecule has 0 fully saturated rings. The van der Waals surface area contributed by atoms with Crippen LogP contribution < -0.4 is 5.32 Å². The van der Waals surface area contributed by atoms with Crippen molar-refractivity contribution < 1.29 is 13.6 Å². The molecule has 1 N–H and O–H groups in total. The summed E-state index contributed by atoms with van der Waals surface area (Å²) in [5.41, 5.74) is 3.88. The van der Waals surface area contributed by atoms with E-state index in [1.54, 1.807) is 0 Å². The summed E-state index contributed by atoms with van der Waals surface area (Å²) in [5.74, 6) is 2.31. The first-order valence-corrected chi connectivity index (χ1v) is 9.08. The predicted molar refractivity (Wildman–Crippen MR) is 99.0 cm³/mol. The Kier molecular flexibility index (Phi) is 5.43. The van der Waals surface area contributed by atoms with Crippen LogP contribution in [-0.2, 0) is 24.3 Å². The molecule has 3 rings (SSSR count). The maximum atomic E-state index is 12.2. The normalized spacial score (nSPS) is 11.1. The monoisotopic (exact) mass is 371 g/mol. The molecular formula is C19H25N5O3. The molecule has 0 spiro atoms. The van der Waals surface area contributed by atoms with E-state index in [-0.39, 0.29) is 12.3 Å². The number of furan rings is 1. The minimum atomic E-state index is -0.0619. The van der Waals surface area contributed by atoms with Crippen LogP contribution in [0.4, 0.5) is 0 Å². The van der Waals surface area contributed by atoms with Gasteiger partial charge in [0.1, 0.15) is 11.5 Å². The van der Waals surface area contributed by atoms with E-state index in [0.717, 1.165) is 40.6 Å². The van der Waals surface area contributed by atoms with Crippen LogP contribution >= 0.6 is 0 Å². The van der Waals surface area contributed by atoms with Crippen LogP contribution in [0.3, 0.4) is 0 Å². The van der Waals surface area contributed by atoms with Gasteiger partial charge in [-0.1, -0.05) is 0 Å². The number of nitrogens with one attached hydrogen (secondary N) is 1. The standard InChI is InChI=1S/C19H25N5O3/c1-6-24-13(4)16(12(3)23-24)10-20-17(25)7-8-18-21-22-19(27-18)15-9-11(2)26-14(15)5/h9H,6-8,10H2,1-5H3,(H,20,25). The Morgan fingerprint density at radius 2 is 1.96 bits per heavy atom. The average Bonchev–Trinajstić information content (AvgIpc) is 3.29. The molecule has 0 aromatic carbocycles. The number of carbonyl (C=O) groups excluding carboxylic acids is 1. The molecule has 3 aromatic rings. The van der Waals surface area contributed by atoms with Gasteiger partial charge in [0.05, 0.1) is 11.3 Å². The second kappa shape index (κ2) is 7.77. The first kappa shape index (κ1) is 18.9. The van der Waals surface area contributed by atoms with Crippen molar-refractivity contribution in [3.63, 3.8) is 0 Å². The topological polar surface area (TPSA) is 99.0 Å². The lowest BCUT2D eigenvalue weighted by Gasteiger charge is -2.05. The zero-order chi connectivity index (χ0) is 19.6. The molecule has 0 bridgehead atoms. The molecule has 8 heteroatoms. The molecule has 3 heterocycles. The molecule has 1 amide bonds. The van der Waals surface area contributed by atoms with Gasteiger partial charge in [0.15, 0.2) is 0 Å². The number of carbonyl (C=O) groups is 1. The fourth-order valence-electron chi connectivity index (χ4n) is 3.10. The Morgan fingerprint density at radius 1 is 1.19 bits per heavy atom. The number of hydrogen-bond acceptors (Lipinski definition) is 6. The molecule has 0 aliphatic rings. The summed E-state index contributed by atoms with van der Waals surface area (Å²) < 4.78 is 13.1. The van der Waals surface area contributed by atoms with E-state index in [9.17, 15) is 4.79 Å². The highest BCUT2D eigenvalue weighted by atomic mass is 16.4.